The van der Waals surface area contributed by atoms with E-state index in [0.29, 0.717) is 0 Å². The number of nitrogens with zero attached hydrogens (tertiary/aromatic N) is 2. The highest BCUT2D eigenvalue weighted by molar-refractivity contribution is 8.14. The van der Waals surface area contributed by atoms with E-state index in [1.807, 2.05) is 19.1 Å². The molecule has 2 aromatic rings. The molecule has 0 saturated carbocycles. The number of aromatic nitrogens is 2. The first kappa shape index (κ1) is 14.1. The van der Waals surface area contributed by atoms with Crippen LogP contribution in [0.4, 0.5) is 4.79 Å². The highest BCUT2D eigenvalue weighted by atomic mass is 32.2. The van der Waals surface area contributed by atoms with Gasteiger partial charge in [-0.1, -0.05) is 31.2 Å². The van der Waals surface area contributed by atoms with Crippen molar-refractivity contribution in [3.63, 3.8) is 0 Å². The van der Waals surface area contributed by atoms with Gasteiger partial charge in [0.1, 0.15) is 5.82 Å². The number of imidazole rings is 1. The molecular weight excluding hydrogens is 284 g/mol. The van der Waals surface area contributed by atoms with Crippen molar-refractivity contribution in [2.24, 2.45) is 5.10 Å². The van der Waals surface area contributed by atoms with Crippen molar-refractivity contribution in [1.29, 1.82) is 0 Å². The van der Waals surface area contributed by atoms with Crippen LogP contribution in [0.5, 0.6) is 0 Å². The topological polar surface area (TPSA) is 70.1 Å². The quantitative estimate of drug-likeness (QED) is 0.908. The van der Waals surface area contributed by atoms with Gasteiger partial charge >= 0.3 is 0 Å². The van der Waals surface area contributed by atoms with Gasteiger partial charge in [-0.2, -0.15) is 5.10 Å². The van der Waals surface area contributed by atoms with Crippen LogP contribution in [0.3, 0.4) is 0 Å². The Bertz CT molecular complexity index is 707. The van der Waals surface area contributed by atoms with E-state index in [0.717, 1.165) is 47.4 Å². The lowest BCUT2D eigenvalue weighted by Crippen LogP contribution is -2.29. The van der Waals surface area contributed by atoms with E-state index >= 15 is 0 Å². The van der Waals surface area contributed by atoms with Crippen molar-refractivity contribution in [2.75, 3.05) is 0 Å². The molecule has 0 radical (unpaired) electrons. The van der Waals surface area contributed by atoms with Crippen LogP contribution in [0, 0.1) is 0 Å². The summed E-state index contributed by atoms with van der Waals surface area (Å²) in [5, 5.41) is 4.14. The smallest absolute Gasteiger partial charge is 0.299 e. The fraction of sp³-hybridized carbons (Fsp3) is 0.400. The number of nitrogens with one attached hydrogen (secondary N) is 2. The van der Waals surface area contributed by atoms with Crippen LogP contribution >= 0.6 is 11.8 Å². The third kappa shape index (κ3) is 2.95. The van der Waals surface area contributed by atoms with Crippen LogP contribution in [0.25, 0.3) is 11.0 Å². The van der Waals surface area contributed by atoms with Crippen LogP contribution < -0.4 is 5.43 Å². The number of aryl methyl sites for hydroxylation is 1. The molecule has 6 heteroatoms. The molecule has 5 nitrogen and oxygen atoms in total. The zero-order chi connectivity index (χ0) is 14.8. The van der Waals surface area contributed by atoms with Gasteiger partial charge < -0.3 is 4.98 Å². The van der Waals surface area contributed by atoms with Gasteiger partial charge in [-0.15, -0.1) is 0 Å². The molecule has 1 aliphatic rings. The van der Waals surface area contributed by atoms with E-state index < -0.39 is 0 Å². The van der Waals surface area contributed by atoms with Crippen molar-refractivity contribution in [2.45, 2.75) is 38.4 Å². The van der Waals surface area contributed by atoms with Crippen LogP contribution in [-0.2, 0) is 6.42 Å². The molecule has 1 aromatic carbocycles. The number of hydrogen-bond donors (Lipinski definition) is 2. The van der Waals surface area contributed by atoms with Gasteiger partial charge in [0.15, 0.2) is 0 Å². The number of hydrazone groups is 1. The van der Waals surface area contributed by atoms with Crippen LogP contribution in [0.2, 0.25) is 0 Å². The summed E-state index contributed by atoms with van der Waals surface area (Å²) in [6, 6.07) is 6.08. The Kier molecular flexibility index (Phi) is 3.96. The lowest BCUT2D eigenvalue weighted by molar-refractivity contribution is 0.261. The number of rotatable bonds is 4. The first-order chi connectivity index (χ1) is 10.2. The highest BCUT2D eigenvalue weighted by Gasteiger charge is 2.22. The summed E-state index contributed by atoms with van der Waals surface area (Å²) in [6.45, 7) is 4.17. The van der Waals surface area contributed by atoms with Crippen LogP contribution in [0.15, 0.2) is 23.3 Å². The highest BCUT2D eigenvalue weighted by Crippen LogP contribution is 2.23. The number of thioether (sulfide) groups is 1. The molecule has 1 atom stereocenters. The minimum absolute atomic E-state index is 0.0543. The van der Waals surface area contributed by atoms with E-state index in [1.54, 1.807) is 0 Å². The summed E-state index contributed by atoms with van der Waals surface area (Å²) in [5.41, 5.74) is 6.45. The Labute approximate surface area is 127 Å². The molecule has 1 aromatic heterocycles. The third-order valence-corrected chi connectivity index (χ3v) is 4.41. The number of unbranched alkanes of at least 4 members (excludes halogenated alkanes) is 1. The van der Waals surface area contributed by atoms with Gasteiger partial charge in [0.05, 0.1) is 22.0 Å². The maximum Gasteiger partial charge on any atom is 0.299 e. The van der Waals surface area contributed by atoms with Gasteiger partial charge in [-0.05, 0) is 25.5 Å². The van der Waals surface area contributed by atoms with E-state index in [9.17, 15) is 4.79 Å². The van der Waals surface area contributed by atoms with Gasteiger partial charge in [-0.25, -0.2) is 10.4 Å². The fourth-order valence-electron chi connectivity index (χ4n) is 2.42. The molecule has 110 valence electrons. The van der Waals surface area contributed by atoms with Crippen molar-refractivity contribution in [3.05, 3.63) is 29.6 Å². The molecule has 2 heterocycles. The lowest BCUT2D eigenvalue weighted by atomic mass is 10.1. The van der Waals surface area contributed by atoms with Gasteiger partial charge in [-0.3, -0.25) is 4.79 Å². The van der Waals surface area contributed by atoms with Gasteiger partial charge in [0.25, 0.3) is 5.24 Å². The zero-order valence-electron chi connectivity index (χ0n) is 12.1. The summed E-state index contributed by atoms with van der Waals surface area (Å²) >= 11 is 1.26. The van der Waals surface area contributed by atoms with Gasteiger partial charge in [0.2, 0.25) is 0 Å². The van der Waals surface area contributed by atoms with Crippen molar-refractivity contribution >= 4 is 33.7 Å². The largest absolute Gasteiger partial charge is 0.342 e. The molecule has 0 fully saturated rings. The second kappa shape index (κ2) is 5.89. The normalized spacial score (nSPS) is 18.7. The van der Waals surface area contributed by atoms with Crippen LogP contribution in [0.1, 0.15) is 38.1 Å². The molecule has 1 unspecified atom stereocenters. The number of hydrogen-bond acceptors (Lipinski definition) is 4. The Morgan fingerprint density at radius 2 is 2.24 bits per heavy atom. The predicted molar refractivity (Wildman–Crippen MR) is 86.8 cm³/mol. The average Bonchev–Trinajstić information content (AvgIpc) is 2.87. The van der Waals surface area contributed by atoms with E-state index in [-0.39, 0.29) is 10.5 Å². The van der Waals surface area contributed by atoms with E-state index in [2.05, 4.69) is 33.5 Å². The van der Waals surface area contributed by atoms with Gasteiger partial charge in [0, 0.05) is 12.0 Å². The molecule has 0 aliphatic carbocycles. The molecular formula is C15H18N4OS. The second-order valence-electron chi connectivity index (χ2n) is 5.18. The fourth-order valence-corrected chi connectivity index (χ4v) is 3.14. The minimum atomic E-state index is -0.101. The minimum Gasteiger partial charge on any atom is -0.342 e. The van der Waals surface area contributed by atoms with E-state index in [4.69, 9.17) is 0 Å². The first-order valence-corrected chi connectivity index (χ1v) is 8.08. The maximum atomic E-state index is 11.3. The number of fused-ring (bicyclic) bond motifs is 1. The Hall–Kier alpha value is -1.82. The molecule has 1 amide bonds. The Balaban J connectivity index is 1.92. The Morgan fingerprint density at radius 1 is 1.38 bits per heavy atom. The second-order valence-corrected chi connectivity index (χ2v) is 6.49. The first-order valence-electron chi connectivity index (χ1n) is 7.20. The molecule has 2 N–H and O–H groups in total. The summed E-state index contributed by atoms with van der Waals surface area (Å²) < 4.78 is 0. The third-order valence-electron chi connectivity index (χ3n) is 3.53. The molecule has 1 aliphatic heterocycles. The zero-order valence-corrected chi connectivity index (χ0v) is 13.0. The molecule has 21 heavy (non-hydrogen) atoms. The van der Waals surface area contributed by atoms with Crippen molar-refractivity contribution < 1.29 is 4.79 Å². The number of carbonyl (C=O) groups excluding carboxylic acids is 1. The van der Waals surface area contributed by atoms with Crippen LogP contribution in [-0.4, -0.2) is 26.2 Å². The SMILES string of the molecule is CCCCc1nc2ccc(C3=NNC(=O)SC3C)cc2[nH]1. The Morgan fingerprint density at radius 3 is 3.00 bits per heavy atom. The number of aromatic amines is 1. The summed E-state index contributed by atoms with van der Waals surface area (Å²) in [7, 11) is 0. The standard InChI is InChI=1S/C15H18N4OS/c1-3-4-5-13-16-11-7-6-10(8-12(11)17-13)14-9(2)21-15(20)19-18-14/h6-9H,3-5H2,1-2H3,(H,16,17)(H,19,20). The van der Waals surface area contributed by atoms with E-state index in [1.165, 1.54) is 11.8 Å². The molecule has 0 bridgehead atoms. The summed E-state index contributed by atoms with van der Waals surface area (Å²) in [6.07, 6.45) is 3.27. The molecule has 0 saturated heterocycles. The summed E-state index contributed by atoms with van der Waals surface area (Å²) in [5.74, 6) is 1.03. The van der Waals surface area contributed by atoms with Crippen molar-refractivity contribution in [3.8, 4) is 0 Å². The molecule has 3 rings (SSSR count). The monoisotopic (exact) mass is 302 g/mol. The molecule has 0 spiro atoms. The number of amides is 1. The lowest BCUT2D eigenvalue weighted by Gasteiger charge is -2.18. The average molecular weight is 302 g/mol. The summed E-state index contributed by atoms with van der Waals surface area (Å²) in [4.78, 5) is 19.3. The number of benzene rings is 1. The maximum absolute atomic E-state index is 11.3. The van der Waals surface area contributed by atoms with Crippen molar-refractivity contribution in [1.82, 2.24) is 15.4 Å². The number of carbonyl (C=O) groups is 1. The predicted octanol–water partition coefficient (Wildman–Crippen LogP) is 3.45. The number of H-pyrrole nitrogens is 1.